The van der Waals surface area contributed by atoms with Gasteiger partial charge in [-0.15, -0.1) is 5.10 Å². The third-order valence-corrected chi connectivity index (χ3v) is 2.88. The Labute approximate surface area is 131 Å². The minimum absolute atomic E-state index is 0.0443. The van der Waals surface area contributed by atoms with Crippen LogP contribution in [0.1, 0.15) is 45.8 Å². The van der Waals surface area contributed by atoms with E-state index >= 15 is 0 Å². The van der Waals surface area contributed by atoms with Gasteiger partial charge in [-0.1, -0.05) is 51.1 Å². The highest BCUT2D eigenvalue weighted by molar-refractivity contribution is 5.82. The molecule has 0 spiro atoms. The van der Waals surface area contributed by atoms with Gasteiger partial charge in [0.1, 0.15) is 0 Å². The SMILES string of the molecule is CC(C)Oc1nc(-c2ccccc2)n(C(=O)CC(C)(C)C)n1. The lowest BCUT2D eigenvalue weighted by Gasteiger charge is -2.16. The van der Waals surface area contributed by atoms with Gasteiger partial charge in [0.15, 0.2) is 5.82 Å². The summed E-state index contributed by atoms with van der Waals surface area (Å²) in [5.41, 5.74) is 0.728. The summed E-state index contributed by atoms with van der Waals surface area (Å²) in [4.78, 5) is 16.9. The highest BCUT2D eigenvalue weighted by Crippen LogP contribution is 2.24. The molecule has 2 rings (SSSR count). The molecule has 2 aromatic rings. The molecule has 1 heterocycles. The fraction of sp³-hybridized carbons (Fsp3) is 0.471. The van der Waals surface area contributed by atoms with Crippen molar-refractivity contribution in [2.24, 2.45) is 5.41 Å². The molecule has 0 saturated carbocycles. The van der Waals surface area contributed by atoms with Crippen molar-refractivity contribution in [2.45, 2.75) is 47.1 Å². The summed E-state index contributed by atoms with van der Waals surface area (Å²) >= 11 is 0. The standard InChI is InChI=1S/C17H23N3O2/c1-12(2)22-16-18-15(13-9-7-6-8-10-13)20(19-16)14(21)11-17(3,4)5/h6-10,12H,11H2,1-5H3. The normalized spacial score (nSPS) is 11.7. The summed E-state index contributed by atoms with van der Waals surface area (Å²) in [5, 5.41) is 4.24. The third kappa shape index (κ3) is 4.16. The quantitative estimate of drug-likeness (QED) is 0.861. The first-order valence-electron chi connectivity index (χ1n) is 7.48. The fourth-order valence-electron chi connectivity index (χ4n) is 2.03. The monoisotopic (exact) mass is 301 g/mol. The number of nitrogens with zero attached hydrogens (tertiary/aromatic N) is 3. The zero-order chi connectivity index (χ0) is 16.3. The average Bonchev–Trinajstić information content (AvgIpc) is 2.81. The van der Waals surface area contributed by atoms with E-state index in [1.807, 2.05) is 65.0 Å². The predicted molar refractivity (Wildman–Crippen MR) is 85.9 cm³/mol. The van der Waals surface area contributed by atoms with E-state index in [1.54, 1.807) is 0 Å². The van der Waals surface area contributed by atoms with E-state index in [2.05, 4.69) is 10.1 Å². The Balaban J connectivity index is 2.42. The van der Waals surface area contributed by atoms with Gasteiger partial charge in [0.25, 0.3) is 0 Å². The van der Waals surface area contributed by atoms with Crippen molar-refractivity contribution in [3.63, 3.8) is 0 Å². The summed E-state index contributed by atoms with van der Waals surface area (Å²) in [6, 6.07) is 9.79. The van der Waals surface area contributed by atoms with Crippen molar-refractivity contribution >= 4 is 5.91 Å². The molecule has 0 saturated heterocycles. The van der Waals surface area contributed by atoms with Crippen LogP contribution in [0.4, 0.5) is 0 Å². The largest absolute Gasteiger partial charge is 0.460 e. The second-order valence-corrected chi connectivity index (χ2v) is 6.79. The van der Waals surface area contributed by atoms with E-state index in [9.17, 15) is 4.79 Å². The molecular formula is C17H23N3O2. The van der Waals surface area contributed by atoms with Crippen molar-refractivity contribution in [1.29, 1.82) is 0 Å². The number of ether oxygens (including phenoxy) is 1. The van der Waals surface area contributed by atoms with Crippen LogP contribution in [0.15, 0.2) is 30.3 Å². The van der Waals surface area contributed by atoms with Crippen LogP contribution in [0.3, 0.4) is 0 Å². The second-order valence-electron chi connectivity index (χ2n) is 6.79. The fourth-order valence-corrected chi connectivity index (χ4v) is 2.03. The maximum atomic E-state index is 12.6. The number of carbonyl (C=O) groups excluding carboxylic acids is 1. The maximum absolute atomic E-state index is 12.6. The van der Waals surface area contributed by atoms with Gasteiger partial charge in [-0.25, -0.2) is 0 Å². The molecule has 5 nitrogen and oxygen atoms in total. The number of carbonyl (C=O) groups is 1. The van der Waals surface area contributed by atoms with Crippen LogP contribution in [0, 0.1) is 5.41 Å². The maximum Gasteiger partial charge on any atom is 0.336 e. The van der Waals surface area contributed by atoms with Crippen LogP contribution in [0.5, 0.6) is 6.01 Å². The molecule has 0 unspecified atom stereocenters. The van der Waals surface area contributed by atoms with Crippen molar-refractivity contribution in [3.8, 4) is 17.4 Å². The van der Waals surface area contributed by atoms with Crippen LogP contribution in [0.25, 0.3) is 11.4 Å². The summed E-state index contributed by atoms with van der Waals surface area (Å²) in [7, 11) is 0. The Morgan fingerprint density at radius 2 is 1.86 bits per heavy atom. The second kappa shape index (κ2) is 6.30. The van der Waals surface area contributed by atoms with E-state index in [0.29, 0.717) is 12.2 Å². The molecule has 0 N–H and O–H groups in total. The van der Waals surface area contributed by atoms with Gasteiger partial charge in [0.05, 0.1) is 6.10 Å². The predicted octanol–water partition coefficient (Wildman–Crippen LogP) is 3.81. The highest BCUT2D eigenvalue weighted by atomic mass is 16.5. The molecule has 0 radical (unpaired) electrons. The van der Waals surface area contributed by atoms with Gasteiger partial charge in [-0.3, -0.25) is 4.79 Å². The Kier molecular flexibility index (Phi) is 4.64. The van der Waals surface area contributed by atoms with Crippen LogP contribution in [-0.4, -0.2) is 26.8 Å². The van der Waals surface area contributed by atoms with Crippen LogP contribution < -0.4 is 4.74 Å². The van der Waals surface area contributed by atoms with Crippen LogP contribution in [0.2, 0.25) is 0 Å². The lowest BCUT2D eigenvalue weighted by atomic mass is 9.92. The molecule has 22 heavy (non-hydrogen) atoms. The van der Waals surface area contributed by atoms with Gasteiger partial charge in [0.2, 0.25) is 5.91 Å². The van der Waals surface area contributed by atoms with Gasteiger partial charge in [0, 0.05) is 12.0 Å². The molecular weight excluding hydrogens is 278 g/mol. The third-order valence-electron chi connectivity index (χ3n) is 2.88. The summed E-state index contributed by atoms with van der Waals surface area (Å²) < 4.78 is 6.90. The lowest BCUT2D eigenvalue weighted by Crippen LogP contribution is -2.21. The smallest absolute Gasteiger partial charge is 0.336 e. The molecule has 1 aromatic carbocycles. The molecule has 1 aromatic heterocycles. The Hall–Kier alpha value is -2.17. The average molecular weight is 301 g/mol. The van der Waals surface area contributed by atoms with Crippen molar-refractivity contribution in [1.82, 2.24) is 14.8 Å². The molecule has 0 aliphatic rings. The Bertz CT molecular complexity index is 640. The minimum Gasteiger partial charge on any atom is -0.460 e. The van der Waals surface area contributed by atoms with E-state index < -0.39 is 0 Å². The van der Waals surface area contributed by atoms with Gasteiger partial charge in [-0.05, 0) is 19.3 Å². The minimum atomic E-state index is -0.115. The highest BCUT2D eigenvalue weighted by Gasteiger charge is 2.23. The topological polar surface area (TPSA) is 57.0 Å². The Morgan fingerprint density at radius 3 is 2.41 bits per heavy atom. The van der Waals surface area contributed by atoms with Crippen LogP contribution in [-0.2, 0) is 0 Å². The molecule has 0 fully saturated rings. The van der Waals surface area contributed by atoms with Gasteiger partial charge >= 0.3 is 6.01 Å². The van der Waals surface area contributed by atoms with E-state index in [0.717, 1.165) is 5.56 Å². The molecule has 0 bridgehead atoms. The van der Waals surface area contributed by atoms with Crippen LogP contribution >= 0.6 is 0 Å². The molecule has 0 aliphatic carbocycles. The first kappa shape index (κ1) is 16.2. The van der Waals surface area contributed by atoms with Gasteiger partial charge < -0.3 is 4.74 Å². The van der Waals surface area contributed by atoms with Crippen molar-refractivity contribution in [3.05, 3.63) is 30.3 Å². The molecule has 5 heteroatoms. The number of aromatic nitrogens is 3. The summed E-state index contributed by atoms with van der Waals surface area (Å²) in [6.45, 7) is 9.88. The number of hydrogen-bond donors (Lipinski definition) is 0. The summed E-state index contributed by atoms with van der Waals surface area (Å²) in [5.74, 6) is 0.433. The zero-order valence-corrected chi connectivity index (χ0v) is 13.8. The zero-order valence-electron chi connectivity index (χ0n) is 13.8. The van der Waals surface area contributed by atoms with E-state index in [4.69, 9.17) is 4.74 Å². The first-order valence-corrected chi connectivity index (χ1v) is 7.48. The van der Waals surface area contributed by atoms with Crippen molar-refractivity contribution in [2.75, 3.05) is 0 Å². The van der Waals surface area contributed by atoms with E-state index in [1.165, 1.54) is 4.68 Å². The molecule has 0 atom stereocenters. The molecule has 0 aliphatic heterocycles. The van der Waals surface area contributed by atoms with Crippen molar-refractivity contribution < 1.29 is 9.53 Å². The van der Waals surface area contributed by atoms with Gasteiger partial charge in [-0.2, -0.15) is 9.67 Å². The van der Waals surface area contributed by atoms with E-state index in [-0.39, 0.29) is 23.4 Å². The Morgan fingerprint density at radius 1 is 1.23 bits per heavy atom. The molecule has 0 amide bonds. The number of hydrogen-bond acceptors (Lipinski definition) is 4. The number of benzene rings is 1. The number of rotatable bonds is 4. The molecule has 118 valence electrons. The first-order chi connectivity index (χ1) is 10.3. The summed E-state index contributed by atoms with van der Waals surface area (Å²) in [6.07, 6.45) is 0.342. The lowest BCUT2D eigenvalue weighted by molar-refractivity contribution is 0.0838.